The molecule has 4 rings (SSSR count). The maximum absolute atomic E-state index is 13.4. The minimum atomic E-state index is -0.310. The molecule has 2 aromatic carbocycles. The molecule has 0 spiro atoms. The molecule has 0 N–H and O–H groups in total. The van der Waals surface area contributed by atoms with E-state index in [1.165, 1.54) is 0 Å². The summed E-state index contributed by atoms with van der Waals surface area (Å²) in [5.74, 6) is -0.175. The molecule has 0 unspecified atom stereocenters. The predicted octanol–water partition coefficient (Wildman–Crippen LogP) is 4.01. The Morgan fingerprint density at radius 3 is 2.48 bits per heavy atom. The lowest BCUT2D eigenvalue weighted by molar-refractivity contribution is -0.134. The molecule has 5 nitrogen and oxygen atoms in total. The summed E-state index contributed by atoms with van der Waals surface area (Å²) in [5.41, 5.74) is 4.24. The molecule has 1 saturated heterocycles. The van der Waals surface area contributed by atoms with Crippen molar-refractivity contribution in [3.05, 3.63) is 103 Å². The number of nitrogens with zero attached hydrogens (tertiary/aromatic N) is 3. The first-order valence-corrected chi connectivity index (χ1v) is 11.4. The number of pyridine rings is 1. The predicted molar refractivity (Wildman–Crippen MR) is 130 cm³/mol. The molecule has 2 heterocycles. The van der Waals surface area contributed by atoms with Gasteiger partial charge in [-0.05, 0) is 40.8 Å². The van der Waals surface area contributed by atoms with Crippen LogP contribution in [0.3, 0.4) is 0 Å². The fraction of sp³-hybridized carbons (Fsp3) is 0.250. The average Bonchev–Trinajstić information content (AvgIpc) is 3.00. The van der Waals surface area contributed by atoms with Crippen molar-refractivity contribution in [2.45, 2.75) is 12.8 Å². The summed E-state index contributed by atoms with van der Waals surface area (Å²) in [5, 5.41) is 0. The van der Waals surface area contributed by atoms with E-state index in [1.54, 1.807) is 18.5 Å². The standard InChI is InChI=1S/C28H29N3O2/c1-2-16-30-17-18-31(27(32)19-22-8-4-3-5-9-22)21-25(28(30)33)20-24-10-6-7-11-26(24)23-12-14-29-15-13-23/h2-15,25H,1,16-21H2/t25-/m0/s1. The van der Waals surface area contributed by atoms with E-state index in [-0.39, 0.29) is 17.7 Å². The molecule has 1 aliphatic rings. The average molecular weight is 440 g/mol. The number of rotatable bonds is 7. The van der Waals surface area contributed by atoms with Crippen LogP contribution in [0.5, 0.6) is 0 Å². The zero-order chi connectivity index (χ0) is 23.0. The van der Waals surface area contributed by atoms with Gasteiger partial charge in [0.25, 0.3) is 0 Å². The molecule has 33 heavy (non-hydrogen) atoms. The Kier molecular flexibility index (Phi) is 7.30. The minimum Gasteiger partial charge on any atom is -0.340 e. The second kappa shape index (κ2) is 10.7. The van der Waals surface area contributed by atoms with Crippen LogP contribution in [0, 0.1) is 5.92 Å². The minimum absolute atomic E-state index is 0.0573. The molecule has 1 aliphatic heterocycles. The van der Waals surface area contributed by atoms with Crippen molar-refractivity contribution in [2.75, 3.05) is 26.2 Å². The molecule has 0 radical (unpaired) electrons. The van der Waals surface area contributed by atoms with Crippen LogP contribution in [-0.4, -0.2) is 52.8 Å². The summed E-state index contributed by atoms with van der Waals surface area (Å²) in [4.78, 5) is 34.4. The van der Waals surface area contributed by atoms with Gasteiger partial charge in [0.15, 0.2) is 0 Å². The number of carbonyl (C=O) groups excluding carboxylic acids is 2. The Labute approximate surface area is 195 Å². The second-order valence-electron chi connectivity index (χ2n) is 8.37. The Balaban J connectivity index is 1.59. The van der Waals surface area contributed by atoms with Gasteiger partial charge < -0.3 is 9.80 Å². The summed E-state index contributed by atoms with van der Waals surface area (Å²) in [7, 11) is 0. The lowest BCUT2D eigenvalue weighted by Gasteiger charge is -2.24. The summed E-state index contributed by atoms with van der Waals surface area (Å²) in [6, 6.07) is 21.9. The molecule has 0 bridgehead atoms. The van der Waals surface area contributed by atoms with Crippen molar-refractivity contribution in [1.29, 1.82) is 0 Å². The van der Waals surface area contributed by atoms with E-state index in [1.807, 2.05) is 64.4 Å². The van der Waals surface area contributed by atoms with E-state index in [0.29, 0.717) is 39.0 Å². The number of carbonyl (C=O) groups is 2. The van der Waals surface area contributed by atoms with Gasteiger partial charge in [0.2, 0.25) is 11.8 Å². The van der Waals surface area contributed by atoms with Crippen molar-refractivity contribution < 1.29 is 9.59 Å². The lowest BCUT2D eigenvalue weighted by atomic mass is 9.91. The van der Waals surface area contributed by atoms with Crippen molar-refractivity contribution in [2.24, 2.45) is 5.92 Å². The van der Waals surface area contributed by atoms with Gasteiger partial charge in [-0.15, -0.1) is 6.58 Å². The highest BCUT2D eigenvalue weighted by atomic mass is 16.2. The summed E-state index contributed by atoms with van der Waals surface area (Å²) < 4.78 is 0. The molecule has 0 saturated carbocycles. The van der Waals surface area contributed by atoms with Crippen LogP contribution in [-0.2, 0) is 22.4 Å². The summed E-state index contributed by atoms with van der Waals surface area (Å²) >= 11 is 0. The largest absolute Gasteiger partial charge is 0.340 e. The monoisotopic (exact) mass is 439 g/mol. The maximum Gasteiger partial charge on any atom is 0.228 e. The smallest absolute Gasteiger partial charge is 0.228 e. The third-order valence-electron chi connectivity index (χ3n) is 6.12. The van der Waals surface area contributed by atoms with E-state index < -0.39 is 0 Å². The molecule has 168 valence electrons. The fourth-order valence-corrected chi connectivity index (χ4v) is 4.42. The Morgan fingerprint density at radius 2 is 1.73 bits per heavy atom. The van der Waals surface area contributed by atoms with Crippen molar-refractivity contribution in [3.63, 3.8) is 0 Å². The first-order valence-electron chi connectivity index (χ1n) is 11.4. The van der Waals surface area contributed by atoms with E-state index in [4.69, 9.17) is 0 Å². The van der Waals surface area contributed by atoms with Gasteiger partial charge in [-0.1, -0.05) is 60.7 Å². The van der Waals surface area contributed by atoms with E-state index in [9.17, 15) is 9.59 Å². The second-order valence-corrected chi connectivity index (χ2v) is 8.37. The van der Waals surface area contributed by atoms with Crippen molar-refractivity contribution >= 4 is 11.8 Å². The first kappa shape index (κ1) is 22.5. The lowest BCUT2D eigenvalue weighted by Crippen LogP contribution is -2.38. The highest BCUT2D eigenvalue weighted by Crippen LogP contribution is 2.27. The van der Waals surface area contributed by atoms with Gasteiger partial charge in [0, 0.05) is 38.6 Å². The van der Waals surface area contributed by atoms with E-state index in [2.05, 4.69) is 23.7 Å². The zero-order valence-electron chi connectivity index (χ0n) is 18.8. The number of amides is 2. The molecule has 1 atom stereocenters. The summed E-state index contributed by atoms with van der Waals surface area (Å²) in [6.45, 7) is 5.78. The highest BCUT2D eigenvalue weighted by molar-refractivity contribution is 5.83. The molecule has 3 aromatic rings. The van der Waals surface area contributed by atoms with Gasteiger partial charge in [-0.25, -0.2) is 0 Å². The first-order chi connectivity index (χ1) is 16.2. The van der Waals surface area contributed by atoms with Gasteiger partial charge >= 0.3 is 0 Å². The molecular weight excluding hydrogens is 410 g/mol. The Bertz CT molecular complexity index is 1100. The molecule has 0 aliphatic carbocycles. The number of benzene rings is 2. The van der Waals surface area contributed by atoms with Gasteiger partial charge in [-0.2, -0.15) is 0 Å². The van der Waals surface area contributed by atoms with Crippen molar-refractivity contribution in [3.8, 4) is 11.1 Å². The van der Waals surface area contributed by atoms with Crippen LogP contribution < -0.4 is 0 Å². The number of aromatic nitrogens is 1. The maximum atomic E-state index is 13.4. The van der Waals surface area contributed by atoms with Crippen molar-refractivity contribution in [1.82, 2.24) is 14.8 Å². The van der Waals surface area contributed by atoms with Gasteiger partial charge in [0.1, 0.15) is 0 Å². The molecule has 2 amide bonds. The normalized spacial score (nSPS) is 16.4. The topological polar surface area (TPSA) is 53.5 Å². The van der Waals surface area contributed by atoms with Gasteiger partial charge in [-0.3, -0.25) is 14.6 Å². The van der Waals surface area contributed by atoms with Gasteiger partial charge in [0.05, 0.1) is 12.3 Å². The summed E-state index contributed by atoms with van der Waals surface area (Å²) in [6.07, 6.45) is 6.22. The zero-order valence-corrected chi connectivity index (χ0v) is 18.8. The Hall–Kier alpha value is -3.73. The van der Waals surface area contributed by atoms with Crippen LogP contribution in [0.1, 0.15) is 11.1 Å². The van der Waals surface area contributed by atoms with Crippen LogP contribution in [0.15, 0.2) is 91.8 Å². The number of hydrogen-bond donors (Lipinski definition) is 0. The molecular formula is C28H29N3O2. The highest BCUT2D eigenvalue weighted by Gasteiger charge is 2.32. The quantitative estimate of drug-likeness (QED) is 0.523. The van der Waals surface area contributed by atoms with Crippen LogP contribution in [0.2, 0.25) is 0 Å². The molecule has 5 heteroatoms. The fourth-order valence-electron chi connectivity index (χ4n) is 4.42. The Morgan fingerprint density at radius 1 is 1.00 bits per heavy atom. The molecule has 1 aromatic heterocycles. The SMILES string of the molecule is C=CCN1CCN(C(=O)Cc2ccccc2)C[C@H](Cc2ccccc2-c2ccncc2)C1=O. The van der Waals surface area contributed by atoms with Crippen LogP contribution in [0.25, 0.3) is 11.1 Å². The van der Waals surface area contributed by atoms with E-state index >= 15 is 0 Å². The molecule has 1 fully saturated rings. The third-order valence-corrected chi connectivity index (χ3v) is 6.12. The number of hydrogen-bond acceptors (Lipinski definition) is 3. The van der Waals surface area contributed by atoms with Crippen LogP contribution >= 0.6 is 0 Å². The van der Waals surface area contributed by atoms with Crippen LogP contribution in [0.4, 0.5) is 0 Å². The third kappa shape index (κ3) is 5.55. The van der Waals surface area contributed by atoms with E-state index in [0.717, 1.165) is 22.3 Å².